The number of aromatic nitrogens is 3. The Hall–Kier alpha value is -2.96. The first-order valence-corrected chi connectivity index (χ1v) is 6.54. The van der Waals surface area contributed by atoms with E-state index in [1.54, 1.807) is 12.1 Å². The van der Waals surface area contributed by atoms with E-state index in [1.807, 2.05) is 0 Å². The van der Waals surface area contributed by atoms with Crippen molar-refractivity contribution in [1.29, 1.82) is 0 Å². The van der Waals surface area contributed by atoms with Gasteiger partial charge in [0.05, 0.1) is 12.0 Å². The largest absolute Gasteiger partial charge is 0.469 e. The first kappa shape index (κ1) is 12.8. The summed E-state index contributed by atoms with van der Waals surface area (Å²) in [5.74, 6) is -1.22. The van der Waals surface area contributed by atoms with Crippen LogP contribution < -0.4 is 5.43 Å². The number of rotatable bonds is 2. The summed E-state index contributed by atoms with van der Waals surface area (Å²) in [4.78, 5) is 15.9. The number of hydrogen-bond acceptors (Lipinski definition) is 3. The van der Waals surface area contributed by atoms with E-state index in [4.69, 9.17) is 4.42 Å². The van der Waals surface area contributed by atoms with Crippen LogP contribution >= 0.6 is 0 Å². The molecule has 0 aliphatic heterocycles. The molecule has 3 heterocycles. The van der Waals surface area contributed by atoms with E-state index in [0.717, 1.165) is 0 Å². The van der Waals surface area contributed by atoms with Crippen molar-refractivity contribution in [3.05, 3.63) is 64.0 Å². The summed E-state index contributed by atoms with van der Waals surface area (Å²) in [7, 11) is 0. The number of nitrogens with zero attached hydrogens (tertiary/aromatic N) is 1. The predicted octanol–water partition coefficient (Wildman–Crippen LogP) is 2.87. The second kappa shape index (κ2) is 4.52. The molecule has 2 N–H and O–H groups in total. The smallest absolute Gasteiger partial charge is 0.217 e. The molecule has 0 atom stereocenters. The van der Waals surface area contributed by atoms with Gasteiger partial charge in [-0.2, -0.15) is 0 Å². The predicted molar refractivity (Wildman–Crippen MR) is 75.7 cm³/mol. The molecule has 5 nitrogen and oxygen atoms in total. The van der Waals surface area contributed by atoms with Crippen LogP contribution in [0.1, 0.15) is 11.5 Å². The maximum absolute atomic E-state index is 14.3. The Balaban J connectivity index is 2.14. The van der Waals surface area contributed by atoms with Crippen molar-refractivity contribution in [2.45, 2.75) is 6.42 Å². The van der Waals surface area contributed by atoms with Crippen LogP contribution in [0.2, 0.25) is 0 Å². The normalized spacial score (nSPS) is 11.5. The molecule has 0 saturated heterocycles. The minimum absolute atomic E-state index is 0.00556. The number of H-pyrrole nitrogens is 2. The molecule has 4 aromatic rings. The highest BCUT2D eigenvalue weighted by Gasteiger charge is 2.20. The fraction of sp³-hybridized carbons (Fsp3) is 0.0667. The number of benzene rings is 1. The topological polar surface area (TPSA) is 74.7 Å². The van der Waals surface area contributed by atoms with Gasteiger partial charge < -0.3 is 9.52 Å². The van der Waals surface area contributed by atoms with Crippen molar-refractivity contribution in [1.82, 2.24) is 15.2 Å². The van der Waals surface area contributed by atoms with Crippen molar-refractivity contribution in [3.63, 3.8) is 0 Å². The lowest BCUT2D eigenvalue weighted by molar-refractivity contribution is 0.519. The number of furan rings is 1. The second-order valence-electron chi connectivity index (χ2n) is 4.91. The number of aromatic amines is 2. The summed E-state index contributed by atoms with van der Waals surface area (Å²) in [6, 6.07) is 4.06. The molecule has 0 aliphatic rings. The van der Waals surface area contributed by atoms with E-state index in [-0.39, 0.29) is 17.2 Å². The lowest BCUT2D eigenvalue weighted by atomic mass is 10.0. The molecule has 0 spiro atoms. The zero-order chi connectivity index (χ0) is 15.3. The van der Waals surface area contributed by atoms with Crippen molar-refractivity contribution in [3.8, 4) is 0 Å². The molecule has 3 aromatic heterocycles. The standard InChI is InChI=1S/C15H9F2N3O2/c16-9-5-11(21)14(17)12-8-6-18-20-15(8)19-10(13(9)12)4-7-2-1-3-22-7/h1-3,5-6H,4H2,(H2,18,19,20). The summed E-state index contributed by atoms with van der Waals surface area (Å²) in [5.41, 5.74) is -0.342. The van der Waals surface area contributed by atoms with E-state index in [9.17, 15) is 13.6 Å². The zero-order valence-corrected chi connectivity index (χ0v) is 11.1. The third-order valence-corrected chi connectivity index (χ3v) is 3.57. The number of nitrogens with one attached hydrogen (secondary N) is 2. The van der Waals surface area contributed by atoms with Crippen LogP contribution in [0.15, 0.2) is 39.9 Å². The maximum Gasteiger partial charge on any atom is 0.217 e. The van der Waals surface area contributed by atoms with Gasteiger partial charge in [-0.05, 0) is 12.1 Å². The van der Waals surface area contributed by atoms with Crippen LogP contribution in [0.3, 0.4) is 0 Å². The Labute approximate surface area is 121 Å². The molecular formula is C15H9F2N3O2. The first-order chi connectivity index (χ1) is 10.6. The van der Waals surface area contributed by atoms with E-state index < -0.39 is 17.1 Å². The average Bonchev–Trinajstić information content (AvgIpc) is 3.14. The van der Waals surface area contributed by atoms with Gasteiger partial charge in [0.25, 0.3) is 0 Å². The minimum atomic E-state index is -0.988. The van der Waals surface area contributed by atoms with Gasteiger partial charge in [-0.15, -0.1) is 0 Å². The number of halogens is 2. The van der Waals surface area contributed by atoms with Crippen molar-refractivity contribution >= 4 is 21.8 Å². The molecule has 0 amide bonds. The van der Waals surface area contributed by atoms with Crippen molar-refractivity contribution in [2.75, 3.05) is 0 Å². The molecular weight excluding hydrogens is 292 g/mol. The highest BCUT2D eigenvalue weighted by atomic mass is 19.1. The monoisotopic (exact) mass is 301 g/mol. The van der Waals surface area contributed by atoms with Gasteiger partial charge in [-0.25, -0.2) is 13.8 Å². The summed E-state index contributed by atoms with van der Waals surface area (Å²) in [5, 5.41) is 5.67. The molecule has 0 radical (unpaired) electrons. The van der Waals surface area contributed by atoms with Crippen molar-refractivity contribution in [2.24, 2.45) is 0 Å². The molecule has 1 aromatic carbocycles. The SMILES string of the molecule is O=c1cc(F)c2c(Cc3ccco3)nc3[nH][nH]cc3c2c1F. The number of fused-ring (bicyclic) bond motifs is 3. The lowest BCUT2D eigenvalue weighted by Gasteiger charge is -2.07. The van der Waals surface area contributed by atoms with E-state index >= 15 is 0 Å². The third kappa shape index (κ3) is 1.75. The number of pyridine rings is 1. The van der Waals surface area contributed by atoms with Crippen LogP contribution in [0.4, 0.5) is 8.78 Å². The summed E-state index contributed by atoms with van der Waals surface area (Å²) in [6.07, 6.45) is 3.13. The van der Waals surface area contributed by atoms with Gasteiger partial charge in [-0.3, -0.25) is 9.89 Å². The van der Waals surface area contributed by atoms with Crippen LogP contribution in [0.5, 0.6) is 0 Å². The number of hydrogen-bond donors (Lipinski definition) is 2. The van der Waals surface area contributed by atoms with Gasteiger partial charge in [0.1, 0.15) is 11.6 Å². The van der Waals surface area contributed by atoms with Gasteiger partial charge in [0.2, 0.25) is 5.43 Å². The summed E-state index contributed by atoms with van der Waals surface area (Å²) < 4.78 is 33.8. The fourth-order valence-electron chi connectivity index (χ4n) is 2.63. The van der Waals surface area contributed by atoms with E-state index in [2.05, 4.69) is 15.2 Å². The second-order valence-corrected chi connectivity index (χ2v) is 4.91. The van der Waals surface area contributed by atoms with Gasteiger partial charge in [0.15, 0.2) is 11.5 Å². The van der Waals surface area contributed by atoms with Crippen LogP contribution in [0.25, 0.3) is 21.8 Å². The summed E-state index contributed by atoms with van der Waals surface area (Å²) >= 11 is 0. The highest BCUT2D eigenvalue weighted by molar-refractivity contribution is 6.05. The van der Waals surface area contributed by atoms with Crippen LogP contribution in [0, 0.1) is 11.6 Å². The Morgan fingerprint density at radius 3 is 2.91 bits per heavy atom. The Kier molecular flexibility index (Phi) is 2.62. The zero-order valence-electron chi connectivity index (χ0n) is 11.1. The molecule has 7 heteroatoms. The van der Waals surface area contributed by atoms with E-state index in [0.29, 0.717) is 28.6 Å². The molecule has 0 unspecified atom stereocenters. The first-order valence-electron chi connectivity index (χ1n) is 6.54. The van der Waals surface area contributed by atoms with Gasteiger partial charge >= 0.3 is 0 Å². The molecule has 4 rings (SSSR count). The lowest BCUT2D eigenvalue weighted by Crippen LogP contribution is -2.09. The quantitative estimate of drug-likeness (QED) is 0.598. The molecule has 0 fully saturated rings. The van der Waals surface area contributed by atoms with Gasteiger partial charge in [-0.1, -0.05) is 0 Å². The van der Waals surface area contributed by atoms with Crippen LogP contribution in [-0.4, -0.2) is 15.2 Å². The molecule has 0 bridgehead atoms. The van der Waals surface area contributed by atoms with Gasteiger partial charge in [0, 0.05) is 34.8 Å². The minimum Gasteiger partial charge on any atom is -0.469 e. The third-order valence-electron chi connectivity index (χ3n) is 3.57. The Bertz CT molecular complexity index is 1050. The Morgan fingerprint density at radius 2 is 2.14 bits per heavy atom. The highest BCUT2D eigenvalue weighted by Crippen LogP contribution is 2.29. The van der Waals surface area contributed by atoms with E-state index in [1.165, 1.54) is 12.5 Å². The maximum atomic E-state index is 14.3. The summed E-state index contributed by atoms with van der Waals surface area (Å²) in [6.45, 7) is 0. The van der Waals surface area contributed by atoms with Crippen LogP contribution in [-0.2, 0) is 6.42 Å². The van der Waals surface area contributed by atoms with Crippen molar-refractivity contribution < 1.29 is 13.2 Å². The average molecular weight is 301 g/mol. The Morgan fingerprint density at radius 1 is 1.27 bits per heavy atom. The fourth-order valence-corrected chi connectivity index (χ4v) is 2.63. The molecule has 110 valence electrons. The molecule has 22 heavy (non-hydrogen) atoms. The molecule has 0 aliphatic carbocycles. The molecule has 0 saturated carbocycles.